The van der Waals surface area contributed by atoms with E-state index in [1.165, 1.54) is 0 Å². The van der Waals surface area contributed by atoms with E-state index in [1.807, 2.05) is 18.2 Å². The minimum Gasteiger partial charge on any atom is -0.497 e. The predicted octanol–water partition coefficient (Wildman–Crippen LogP) is 4.43. The van der Waals surface area contributed by atoms with Gasteiger partial charge in [-0.2, -0.15) is 0 Å². The van der Waals surface area contributed by atoms with Crippen molar-refractivity contribution in [2.45, 2.75) is 43.4 Å². The predicted molar refractivity (Wildman–Crippen MR) is 185 cm³/mol. The number of hydrogen-bond acceptors (Lipinski definition) is 13. The lowest BCUT2D eigenvalue weighted by atomic mass is 9.77. The third-order valence-corrected chi connectivity index (χ3v) is 12.2. The summed E-state index contributed by atoms with van der Waals surface area (Å²) in [6, 6.07) is 16.8. The first-order valence-electron chi connectivity index (χ1n) is 16.6. The van der Waals surface area contributed by atoms with Crippen molar-refractivity contribution < 1.29 is 52.6 Å². The number of ether oxygens (including phenoxy) is 4. The van der Waals surface area contributed by atoms with Crippen molar-refractivity contribution in [2.24, 2.45) is 0 Å². The Balaban J connectivity index is 0.990. The van der Waals surface area contributed by atoms with Crippen molar-refractivity contribution in [2.75, 3.05) is 31.7 Å². The number of carbonyl (C=O) groups is 6. The molecule has 0 aromatic heterocycles. The van der Waals surface area contributed by atoms with Crippen LogP contribution in [0.25, 0.3) is 0 Å². The van der Waals surface area contributed by atoms with Crippen LogP contribution in [-0.2, 0) is 34.4 Å². The Kier molecular flexibility index (Phi) is 8.73. The topological polar surface area (TPSA) is 158 Å². The van der Waals surface area contributed by atoms with E-state index in [4.69, 9.17) is 23.8 Å². The quantitative estimate of drug-likeness (QED) is 0.199. The SMILES string of the molecule is COc1ccc2c(c1)Oc1cc(OC(=O)N3CCN(C(=O)CCC(=O)ON4C(=O)CCC4=O)[C@@H]4CSSC[C@@H]43)ccc1C21OC(=O)c2ccccc21. The molecule has 16 heteroatoms. The van der Waals surface area contributed by atoms with Crippen molar-refractivity contribution >= 4 is 57.3 Å². The molecule has 5 heterocycles. The molecule has 0 N–H and O–H groups in total. The van der Waals surface area contributed by atoms with Crippen LogP contribution in [0, 0.1) is 0 Å². The molecule has 0 saturated carbocycles. The number of amides is 4. The van der Waals surface area contributed by atoms with E-state index < -0.39 is 35.4 Å². The highest BCUT2D eigenvalue weighted by atomic mass is 33.1. The maximum atomic E-state index is 13.8. The second-order valence-corrected chi connectivity index (χ2v) is 15.2. The van der Waals surface area contributed by atoms with Gasteiger partial charge in [-0.1, -0.05) is 39.8 Å². The molecule has 3 aromatic carbocycles. The smallest absolute Gasteiger partial charge is 0.415 e. The van der Waals surface area contributed by atoms with Gasteiger partial charge < -0.3 is 33.6 Å². The molecule has 0 aliphatic carbocycles. The number of carbonyl (C=O) groups excluding carboxylic acids is 6. The summed E-state index contributed by atoms with van der Waals surface area (Å²) in [5.74, 6) is -0.153. The molecule has 0 bridgehead atoms. The zero-order valence-corrected chi connectivity index (χ0v) is 29.4. The number of piperazine rings is 1. The molecule has 8 rings (SSSR count). The molecule has 268 valence electrons. The lowest BCUT2D eigenvalue weighted by Crippen LogP contribution is -2.65. The van der Waals surface area contributed by atoms with Gasteiger partial charge in [0.1, 0.15) is 23.0 Å². The van der Waals surface area contributed by atoms with Gasteiger partial charge in [-0.15, -0.1) is 5.06 Å². The molecule has 3 fully saturated rings. The Bertz CT molecular complexity index is 2030. The fraction of sp³-hybridized carbons (Fsp3) is 0.333. The largest absolute Gasteiger partial charge is 0.497 e. The van der Waals surface area contributed by atoms with Gasteiger partial charge in [0.25, 0.3) is 11.8 Å². The highest BCUT2D eigenvalue weighted by Gasteiger charge is 2.54. The van der Waals surface area contributed by atoms with Crippen LogP contribution in [0.4, 0.5) is 4.79 Å². The van der Waals surface area contributed by atoms with Crippen molar-refractivity contribution in [1.29, 1.82) is 0 Å². The molecule has 3 atom stereocenters. The van der Waals surface area contributed by atoms with Crippen LogP contribution in [0.1, 0.15) is 52.7 Å². The summed E-state index contributed by atoms with van der Waals surface area (Å²) in [5, 5.41) is 0.466. The lowest BCUT2D eigenvalue weighted by molar-refractivity contribution is -0.197. The number of nitrogens with zero attached hydrogens (tertiary/aromatic N) is 3. The second-order valence-electron chi connectivity index (χ2n) is 12.6. The number of fused-ring (bicyclic) bond motifs is 7. The number of hydroxylamine groups is 2. The molecule has 3 saturated heterocycles. The van der Waals surface area contributed by atoms with Gasteiger partial charge in [-0.25, -0.2) is 14.4 Å². The molecule has 0 radical (unpaired) electrons. The van der Waals surface area contributed by atoms with E-state index in [1.54, 1.807) is 81.0 Å². The number of benzene rings is 3. The number of esters is 1. The zero-order valence-electron chi connectivity index (χ0n) is 27.7. The van der Waals surface area contributed by atoms with Crippen molar-refractivity contribution in [3.05, 3.63) is 82.9 Å². The van der Waals surface area contributed by atoms with E-state index in [9.17, 15) is 28.8 Å². The molecule has 14 nitrogen and oxygen atoms in total. The third kappa shape index (κ3) is 5.69. The number of methoxy groups -OCH3 is 1. The number of imide groups is 1. The van der Waals surface area contributed by atoms with Crippen LogP contribution in [-0.4, -0.2) is 94.4 Å². The fourth-order valence-corrected chi connectivity index (χ4v) is 9.97. The minimum absolute atomic E-state index is 0.0201. The molecule has 1 spiro atoms. The first-order valence-corrected chi connectivity index (χ1v) is 19.1. The Hall–Kier alpha value is -5.22. The summed E-state index contributed by atoms with van der Waals surface area (Å²) in [7, 11) is 4.73. The summed E-state index contributed by atoms with van der Waals surface area (Å²) in [6.45, 7) is 0.417. The van der Waals surface area contributed by atoms with E-state index in [-0.39, 0.29) is 62.5 Å². The molecule has 5 aliphatic rings. The first-order chi connectivity index (χ1) is 25.2. The highest BCUT2D eigenvalue weighted by Crippen LogP contribution is 2.57. The average Bonchev–Trinajstić information content (AvgIpc) is 3.63. The summed E-state index contributed by atoms with van der Waals surface area (Å²) in [6.07, 6.45) is -1.11. The van der Waals surface area contributed by atoms with Crippen LogP contribution in [0.5, 0.6) is 23.0 Å². The van der Waals surface area contributed by atoms with Crippen molar-refractivity contribution in [3.8, 4) is 23.0 Å². The van der Waals surface area contributed by atoms with Gasteiger partial charge in [0.2, 0.25) is 5.91 Å². The van der Waals surface area contributed by atoms with Crippen LogP contribution < -0.4 is 14.2 Å². The normalized spacial score (nSPS) is 22.9. The fourth-order valence-electron chi connectivity index (χ4n) is 7.28. The summed E-state index contributed by atoms with van der Waals surface area (Å²) < 4.78 is 23.9. The Morgan fingerprint density at radius 3 is 2.15 bits per heavy atom. The second kappa shape index (κ2) is 13.4. The van der Waals surface area contributed by atoms with Crippen molar-refractivity contribution in [3.63, 3.8) is 0 Å². The van der Waals surface area contributed by atoms with Crippen LogP contribution in [0.15, 0.2) is 60.7 Å². The Morgan fingerprint density at radius 2 is 1.44 bits per heavy atom. The number of hydrogen-bond donors (Lipinski definition) is 0. The van der Waals surface area contributed by atoms with E-state index in [0.717, 1.165) is 0 Å². The molecule has 5 aliphatic heterocycles. The Labute approximate surface area is 305 Å². The van der Waals surface area contributed by atoms with Gasteiger partial charge in [0, 0.05) is 72.7 Å². The minimum atomic E-state index is -1.29. The van der Waals surface area contributed by atoms with E-state index >= 15 is 0 Å². The molecule has 52 heavy (non-hydrogen) atoms. The first kappa shape index (κ1) is 33.9. The standard InChI is InChI=1S/C36H31N3O11S2/c1-46-20-6-8-24-28(16-20)48-29-17-21(7-9-25(29)36(24)23-5-3-2-4-22(23)34(44)49-36)47-35(45)38-15-14-37(26-18-51-52-19-27(26)38)30(40)12-13-33(43)50-39-31(41)10-11-32(39)42/h2-9,16-17,26-27H,10-15,18-19H2,1H3/t26-,27+,36?/m1/s1. The van der Waals surface area contributed by atoms with E-state index in [2.05, 4.69) is 0 Å². The Morgan fingerprint density at radius 1 is 0.808 bits per heavy atom. The van der Waals surface area contributed by atoms with Crippen LogP contribution >= 0.6 is 21.6 Å². The van der Waals surface area contributed by atoms with Gasteiger partial charge in [-0.05, 0) is 30.3 Å². The molecule has 1 unspecified atom stereocenters. The molecular weight excluding hydrogens is 715 g/mol. The average molecular weight is 746 g/mol. The number of rotatable bonds is 6. The zero-order chi connectivity index (χ0) is 36.1. The lowest BCUT2D eigenvalue weighted by Gasteiger charge is -2.48. The summed E-state index contributed by atoms with van der Waals surface area (Å²) >= 11 is 0. The van der Waals surface area contributed by atoms with Crippen LogP contribution in [0.3, 0.4) is 0 Å². The third-order valence-electron chi connectivity index (χ3n) is 9.78. The molecule has 3 aromatic rings. The highest BCUT2D eigenvalue weighted by molar-refractivity contribution is 8.76. The van der Waals surface area contributed by atoms with Crippen LogP contribution in [0.2, 0.25) is 0 Å². The molecular formula is C36H31N3O11S2. The van der Waals surface area contributed by atoms with Gasteiger partial charge >= 0.3 is 18.0 Å². The molecule has 4 amide bonds. The maximum Gasteiger partial charge on any atom is 0.415 e. The summed E-state index contributed by atoms with van der Waals surface area (Å²) in [5.41, 5.74) is 1.01. The van der Waals surface area contributed by atoms with Gasteiger partial charge in [0.05, 0.1) is 31.2 Å². The summed E-state index contributed by atoms with van der Waals surface area (Å²) in [4.78, 5) is 84.4. The monoisotopic (exact) mass is 745 g/mol. The van der Waals surface area contributed by atoms with Gasteiger partial charge in [0.15, 0.2) is 5.60 Å². The van der Waals surface area contributed by atoms with Gasteiger partial charge in [-0.3, -0.25) is 14.4 Å². The van der Waals surface area contributed by atoms with Crippen molar-refractivity contribution in [1.82, 2.24) is 14.9 Å². The van der Waals surface area contributed by atoms with E-state index in [0.29, 0.717) is 56.1 Å². The maximum absolute atomic E-state index is 13.8.